The minimum absolute atomic E-state index is 0.165. The maximum absolute atomic E-state index is 11.9. The van der Waals surface area contributed by atoms with Gasteiger partial charge in [0.1, 0.15) is 6.54 Å². The van der Waals surface area contributed by atoms with Crippen LogP contribution in [0.5, 0.6) is 0 Å². The van der Waals surface area contributed by atoms with E-state index in [1.165, 1.54) is 13.0 Å². The lowest BCUT2D eigenvalue weighted by atomic mass is 10.2. The van der Waals surface area contributed by atoms with Crippen LogP contribution >= 0.6 is 0 Å². The molecule has 0 bridgehead atoms. The number of pyridine rings is 1. The van der Waals surface area contributed by atoms with Gasteiger partial charge in [0.2, 0.25) is 5.91 Å². The smallest absolute Gasteiger partial charge is 0.286 e. The Balaban J connectivity index is 2.13. The van der Waals surface area contributed by atoms with Crippen LogP contribution in [0.2, 0.25) is 0 Å². The van der Waals surface area contributed by atoms with Gasteiger partial charge in [0.05, 0.1) is 11.1 Å². The summed E-state index contributed by atoms with van der Waals surface area (Å²) in [6.07, 6.45) is 5.22. The first kappa shape index (κ1) is 14.2. The van der Waals surface area contributed by atoms with E-state index in [2.05, 4.69) is 5.32 Å². The van der Waals surface area contributed by atoms with E-state index in [0.717, 1.165) is 36.4 Å². The number of aryl methyl sites for hydroxylation is 1. The van der Waals surface area contributed by atoms with Crippen LogP contribution in [0.3, 0.4) is 0 Å². The van der Waals surface area contributed by atoms with Gasteiger partial charge in [-0.2, -0.15) is 0 Å². The monoisotopic (exact) mass is 279 g/mol. The summed E-state index contributed by atoms with van der Waals surface area (Å²) in [4.78, 5) is 33.9. The third-order valence-electron chi connectivity index (χ3n) is 3.50. The van der Waals surface area contributed by atoms with Crippen molar-refractivity contribution >= 4 is 11.6 Å². The topological polar surface area (TPSA) is 94.2 Å². The van der Waals surface area contributed by atoms with Crippen LogP contribution in [0, 0.1) is 17.0 Å². The Kier molecular flexibility index (Phi) is 4.16. The van der Waals surface area contributed by atoms with Gasteiger partial charge in [0, 0.05) is 17.7 Å². The van der Waals surface area contributed by atoms with Crippen molar-refractivity contribution in [2.24, 2.45) is 0 Å². The maximum Gasteiger partial charge on any atom is 0.286 e. The molecule has 1 aromatic heterocycles. The second-order valence-corrected chi connectivity index (χ2v) is 5.12. The highest BCUT2D eigenvalue weighted by Gasteiger charge is 2.18. The van der Waals surface area contributed by atoms with Crippen LogP contribution in [0.15, 0.2) is 17.1 Å². The number of amides is 1. The molecule has 1 aliphatic carbocycles. The van der Waals surface area contributed by atoms with Crippen LogP contribution in [0.25, 0.3) is 0 Å². The van der Waals surface area contributed by atoms with Gasteiger partial charge in [-0.05, 0) is 19.8 Å². The minimum Gasteiger partial charge on any atom is -0.352 e. The summed E-state index contributed by atoms with van der Waals surface area (Å²) in [5.41, 5.74) is -0.305. The Labute approximate surface area is 115 Å². The second kappa shape index (κ2) is 5.85. The van der Waals surface area contributed by atoms with E-state index in [4.69, 9.17) is 0 Å². The van der Waals surface area contributed by atoms with E-state index in [1.807, 2.05) is 0 Å². The molecule has 1 aliphatic rings. The summed E-state index contributed by atoms with van der Waals surface area (Å²) in [6.45, 7) is 1.32. The van der Waals surface area contributed by atoms with Crippen LogP contribution in [-0.4, -0.2) is 21.4 Å². The summed E-state index contributed by atoms with van der Waals surface area (Å²) in [5, 5.41) is 13.6. The Morgan fingerprint density at radius 1 is 1.50 bits per heavy atom. The SMILES string of the molecule is Cc1cc([N+](=O)[O-])cn(CC(=O)NC2CCCC2)c1=O. The van der Waals surface area contributed by atoms with Crippen molar-refractivity contribution in [1.29, 1.82) is 0 Å². The molecule has 7 heteroatoms. The normalized spacial score (nSPS) is 15.2. The summed E-state index contributed by atoms with van der Waals surface area (Å²) >= 11 is 0. The fourth-order valence-corrected chi connectivity index (χ4v) is 2.48. The van der Waals surface area contributed by atoms with Crippen LogP contribution in [-0.2, 0) is 11.3 Å². The molecule has 0 aliphatic heterocycles. The molecule has 0 unspecified atom stereocenters. The van der Waals surface area contributed by atoms with Crippen molar-refractivity contribution < 1.29 is 9.72 Å². The molecule has 1 fully saturated rings. The van der Waals surface area contributed by atoms with Crippen molar-refractivity contribution in [1.82, 2.24) is 9.88 Å². The predicted octanol–water partition coefficient (Wildman–Crippen LogP) is 1.12. The molecule has 2 rings (SSSR count). The van der Waals surface area contributed by atoms with Gasteiger partial charge in [-0.1, -0.05) is 12.8 Å². The summed E-state index contributed by atoms with van der Waals surface area (Å²) in [6, 6.07) is 1.38. The number of aromatic nitrogens is 1. The van der Waals surface area contributed by atoms with Crippen molar-refractivity contribution in [2.45, 2.75) is 45.2 Å². The predicted molar refractivity (Wildman–Crippen MR) is 72.5 cm³/mol. The summed E-state index contributed by atoms with van der Waals surface area (Å²) in [5.74, 6) is -0.279. The van der Waals surface area contributed by atoms with E-state index >= 15 is 0 Å². The first-order valence-corrected chi connectivity index (χ1v) is 6.62. The highest BCUT2D eigenvalue weighted by molar-refractivity contribution is 5.76. The van der Waals surface area contributed by atoms with Gasteiger partial charge in [0.25, 0.3) is 11.2 Å². The van der Waals surface area contributed by atoms with Crippen molar-refractivity contribution in [2.75, 3.05) is 0 Å². The molecule has 0 aromatic carbocycles. The molecule has 1 aromatic rings. The zero-order chi connectivity index (χ0) is 14.7. The molecular formula is C13H17N3O4. The average Bonchev–Trinajstić information content (AvgIpc) is 2.87. The first-order chi connectivity index (χ1) is 9.47. The number of nitro groups is 1. The standard InChI is InChI=1S/C13H17N3O4/c1-9-6-11(16(19)20)7-15(13(9)18)8-12(17)14-10-4-2-3-5-10/h6-7,10H,2-5,8H2,1H3,(H,14,17). The van der Waals surface area contributed by atoms with E-state index in [9.17, 15) is 19.7 Å². The summed E-state index contributed by atoms with van der Waals surface area (Å²) < 4.78 is 1.09. The zero-order valence-corrected chi connectivity index (χ0v) is 11.3. The lowest BCUT2D eigenvalue weighted by molar-refractivity contribution is -0.385. The van der Waals surface area contributed by atoms with Gasteiger partial charge < -0.3 is 5.32 Å². The fraction of sp³-hybridized carbons (Fsp3) is 0.538. The molecule has 20 heavy (non-hydrogen) atoms. The molecule has 0 saturated heterocycles. The Morgan fingerprint density at radius 3 is 2.75 bits per heavy atom. The first-order valence-electron chi connectivity index (χ1n) is 6.62. The van der Waals surface area contributed by atoms with Crippen molar-refractivity contribution in [3.63, 3.8) is 0 Å². The lowest BCUT2D eigenvalue weighted by Crippen LogP contribution is -2.37. The molecule has 0 spiro atoms. The number of rotatable bonds is 4. The molecule has 1 N–H and O–H groups in total. The average molecular weight is 279 g/mol. The number of hydrogen-bond acceptors (Lipinski definition) is 4. The highest BCUT2D eigenvalue weighted by atomic mass is 16.6. The van der Waals surface area contributed by atoms with Crippen LogP contribution < -0.4 is 10.9 Å². The molecule has 108 valence electrons. The van der Waals surface area contributed by atoms with Gasteiger partial charge in [0.15, 0.2) is 0 Å². The molecule has 1 heterocycles. The van der Waals surface area contributed by atoms with Gasteiger partial charge in [-0.3, -0.25) is 24.3 Å². The quantitative estimate of drug-likeness (QED) is 0.660. The Bertz CT molecular complexity index is 588. The molecule has 1 saturated carbocycles. The molecule has 7 nitrogen and oxygen atoms in total. The third-order valence-corrected chi connectivity index (χ3v) is 3.50. The number of nitrogens with zero attached hydrogens (tertiary/aromatic N) is 2. The lowest BCUT2D eigenvalue weighted by Gasteiger charge is -2.13. The fourth-order valence-electron chi connectivity index (χ4n) is 2.48. The third kappa shape index (κ3) is 3.23. The molecule has 1 amide bonds. The van der Waals surface area contributed by atoms with Gasteiger partial charge in [-0.25, -0.2) is 0 Å². The van der Waals surface area contributed by atoms with E-state index in [1.54, 1.807) is 0 Å². The van der Waals surface area contributed by atoms with E-state index in [-0.39, 0.29) is 35.3 Å². The Hall–Kier alpha value is -2.18. The van der Waals surface area contributed by atoms with Gasteiger partial charge in [-0.15, -0.1) is 0 Å². The van der Waals surface area contributed by atoms with E-state index < -0.39 is 4.92 Å². The Morgan fingerprint density at radius 2 is 2.15 bits per heavy atom. The van der Waals surface area contributed by atoms with Crippen LogP contribution in [0.4, 0.5) is 5.69 Å². The van der Waals surface area contributed by atoms with Gasteiger partial charge >= 0.3 is 0 Å². The number of carbonyl (C=O) groups is 1. The summed E-state index contributed by atoms with van der Waals surface area (Å²) in [7, 11) is 0. The molecule has 0 atom stereocenters. The van der Waals surface area contributed by atoms with Crippen LogP contribution in [0.1, 0.15) is 31.2 Å². The number of carbonyl (C=O) groups excluding carboxylic acids is 1. The minimum atomic E-state index is -0.572. The van der Waals surface area contributed by atoms with Crippen molar-refractivity contribution in [3.8, 4) is 0 Å². The number of hydrogen-bond donors (Lipinski definition) is 1. The van der Waals surface area contributed by atoms with Crippen molar-refractivity contribution in [3.05, 3.63) is 38.3 Å². The zero-order valence-electron chi connectivity index (χ0n) is 11.3. The van der Waals surface area contributed by atoms with E-state index in [0.29, 0.717) is 0 Å². The highest BCUT2D eigenvalue weighted by Crippen LogP contribution is 2.17. The second-order valence-electron chi connectivity index (χ2n) is 5.12. The number of nitrogens with one attached hydrogen (secondary N) is 1. The maximum atomic E-state index is 11.9. The molecule has 0 radical (unpaired) electrons. The largest absolute Gasteiger partial charge is 0.352 e. The molecular weight excluding hydrogens is 262 g/mol.